The van der Waals surface area contributed by atoms with Crippen LogP contribution in [0, 0.1) is 24.1 Å². The molecule has 4 heteroatoms. The standard InChI is InChI=1S/C13H17FN2O/c1-10-8-11(14)4-5-12(10)17-7-6-13(2,9-15)16-3/h4-5,8,16H,6-7H2,1-3H3. The first-order valence-corrected chi connectivity index (χ1v) is 5.50. The fraction of sp³-hybridized carbons (Fsp3) is 0.462. The van der Waals surface area contributed by atoms with Crippen molar-refractivity contribution in [2.24, 2.45) is 0 Å². The Balaban J connectivity index is 2.55. The van der Waals surface area contributed by atoms with E-state index in [1.165, 1.54) is 12.1 Å². The third-order valence-electron chi connectivity index (χ3n) is 2.80. The summed E-state index contributed by atoms with van der Waals surface area (Å²) in [4.78, 5) is 0. The van der Waals surface area contributed by atoms with E-state index in [1.807, 2.05) is 6.92 Å². The second kappa shape index (κ2) is 5.65. The quantitative estimate of drug-likeness (QED) is 0.853. The summed E-state index contributed by atoms with van der Waals surface area (Å²) in [7, 11) is 1.74. The van der Waals surface area contributed by atoms with Crippen LogP contribution in [0.1, 0.15) is 18.9 Å². The van der Waals surface area contributed by atoms with Crippen LogP contribution in [0.3, 0.4) is 0 Å². The van der Waals surface area contributed by atoms with Crippen molar-refractivity contribution in [2.45, 2.75) is 25.8 Å². The van der Waals surface area contributed by atoms with E-state index < -0.39 is 5.54 Å². The molecule has 0 aliphatic rings. The highest BCUT2D eigenvalue weighted by atomic mass is 19.1. The molecule has 1 rings (SSSR count). The number of benzene rings is 1. The number of nitriles is 1. The maximum Gasteiger partial charge on any atom is 0.123 e. The number of nitrogens with one attached hydrogen (secondary N) is 1. The Hall–Kier alpha value is -1.60. The second-order valence-corrected chi connectivity index (χ2v) is 4.20. The van der Waals surface area contributed by atoms with Gasteiger partial charge in [0.25, 0.3) is 0 Å². The van der Waals surface area contributed by atoms with Gasteiger partial charge in [0.2, 0.25) is 0 Å². The zero-order valence-electron chi connectivity index (χ0n) is 10.4. The summed E-state index contributed by atoms with van der Waals surface area (Å²) in [5.74, 6) is 0.384. The molecule has 0 aliphatic carbocycles. The minimum atomic E-state index is -0.589. The Morgan fingerprint density at radius 2 is 2.24 bits per heavy atom. The van der Waals surface area contributed by atoms with Gasteiger partial charge in [-0.25, -0.2) is 4.39 Å². The lowest BCUT2D eigenvalue weighted by Gasteiger charge is -2.20. The molecule has 1 aromatic rings. The molecule has 0 fully saturated rings. The molecule has 0 amide bonds. The summed E-state index contributed by atoms with van der Waals surface area (Å²) in [5, 5.41) is 11.9. The lowest BCUT2D eigenvalue weighted by molar-refractivity contribution is 0.271. The van der Waals surface area contributed by atoms with Gasteiger partial charge in [-0.2, -0.15) is 5.26 Å². The predicted molar refractivity (Wildman–Crippen MR) is 64.3 cm³/mol. The SMILES string of the molecule is CNC(C)(C#N)CCOc1ccc(F)cc1C. The van der Waals surface area contributed by atoms with Gasteiger partial charge < -0.3 is 10.1 Å². The van der Waals surface area contributed by atoms with Crippen molar-refractivity contribution in [3.05, 3.63) is 29.6 Å². The number of rotatable bonds is 5. The van der Waals surface area contributed by atoms with Crippen LogP contribution in [0.5, 0.6) is 5.75 Å². The van der Waals surface area contributed by atoms with Crippen LogP contribution in [-0.4, -0.2) is 19.2 Å². The Morgan fingerprint density at radius 3 is 2.76 bits per heavy atom. The Bertz CT molecular complexity index is 428. The zero-order chi connectivity index (χ0) is 12.9. The lowest BCUT2D eigenvalue weighted by Crippen LogP contribution is -2.39. The molecule has 0 heterocycles. The van der Waals surface area contributed by atoms with Gasteiger partial charge in [-0.3, -0.25) is 0 Å². The highest BCUT2D eigenvalue weighted by Gasteiger charge is 2.20. The smallest absolute Gasteiger partial charge is 0.123 e. The van der Waals surface area contributed by atoms with Gasteiger partial charge in [0.05, 0.1) is 12.7 Å². The van der Waals surface area contributed by atoms with Crippen molar-refractivity contribution < 1.29 is 9.13 Å². The van der Waals surface area contributed by atoms with Gasteiger partial charge in [-0.15, -0.1) is 0 Å². The number of ether oxygens (including phenoxy) is 1. The first kappa shape index (κ1) is 13.5. The first-order valence-electron chi connectivity index (χ1n) is 5.50. The van der Waals surface area contributed by atoms with Gasteiger partial charge in [0.15, 0.2) is 0 Å². The van der Waals surface area contributed by atoms with Crippen molar-refractivity contribution in [3.8, 4) is 11.8 Å². The van der Waals surface area contributed by atoms with E-state index in [0.717, 1.165) is 5.56 Å². The minimum Gasteiger partial charge on any atom is -0.493 e. The summed E-state index contributed by atoms with van der Waals surface area (Å²) < 4.78 is 18.4. The van der Waals surface area contributed by atoms with Crippen LogP contribution in [0.2, 0.25) is 0 Å². The van der Waals surface area contributed by atoms with Gasteiger partial charge in [-0.05, 0) is 44.7 Å². The molecule has 0 spiro atoms. The number of hydrogen-bond donors (Lipinski definition) is 1. The molecule has 17 heavy (non-hydrogen) atoms. The fourth-order valence-corrected chi connectivity index (χ4v) is 1.38. The van der Waals surface area contributed by atoms with E-state index in [0.29, 0.717) is 18.8 Å². The molecule has 1 unspecified atom stereocenters. The molecule has 0 aliphatic heterocycles. The molecule has 1 aromatic carbocycles. The minimum absolute atomic E-state index is 0.271. The van der Waals surface area contributed by atoms with Crippen molar-refractivity contribution in [1.29, 1.82) is 5.26 Å². The van der Waals surface area contributed by atoms with Crippen LogP contribution in [-0.2, 0) is 0 Å². The van der Waals surface area contributed by atoms with Crippen LogP contribution < -0.4 is 10.1 Å². The monoisotopic (exact) mass is 236 g/mol. The summed E-state index contributed by atoms with van der Waals surface area (Å²) in [6.45, 7) is 4.02. The van der Waals surface area contributed by atoms with E-state index in [9.17, 15) is 4.39 Å². The first-order chi connectivity index (χ1) is 8.00. The fourth-order valence-electron chi connectivity index (χ4n) is 1.38. The average molecular weight is 236 g/mol. The molecule has 3 nitrogen and oxygen atoms in total. The maximum atomic E-state index is 12.9. The van der Waals surface area contributed by atoms with Crippen molar-refractivity contribution >= 4 is 0 Å². The Morgan fingerprint density at radius 1 is 1.53 bits per heavy atom. The molecular weight excluding hydrogens is 219 g/mol. The van der Waals surface area contributed by atoms with Gasteiger partial charge >= 0.3 is 0 Å². The maximum absolute atomic E-state index is 12.9. The lowest BCUT2D eigenvalue weighted by atomic mass is 10.0. The number of nitrogens with zero attached hydrogens (tertiary/aromatic N) is 1. The second-order valence-electron chi connectivity index (χ2n) is 4.20. The normalized spacial score (nSPS) is 13.8. The van der Waals surface area contributed by atoms with Crippen molar-refractivity contribution in [2.75, 3.05) is 13.7 Å². The molecule has 0 aromatic heterocycles. The highest BCUT2D eigenvalue weighted by molar-refractivity contribution is 5.32. The number of halogens is 1. The van der Waals surface area contributed by atoms with Crippen molar-refractivity contribution in [3.63, 3.8) is 0 Å². The molecule has 0 bridgehead atoms. The molecule has 0 saturated carbocycles. The third-order valence-corrected chi connectivity index (χ3v) is 2.80. The van der Waals surface area contributed by atoms with E-state index in [1.54, 1.807) is 20.0 Å². The summed E-state index contributed by atoms with van der Waals surface area (Å²) in [6, 6.07) is 6.58. The largest absolute Gasteiger partial charge is 0.493 e. The predicted octanol–water partition coefficient (Wildman–Crippen LogP) is 2.40. The number of hydrogen-bond acceptors (Lipinski definition) is 3. The molecule has 1 N–H and O–H groups in total. The molecule has 0 radical (unpaired) electrons. The van der Waals surface area contributed by atoms with Crippen LogP contribution in [0.15, 0.2) is 18.2 Å². The topological polar surface area (TPSA) is 45.0 Å². The molecular formula is C13H17FN2O. The van der Waals surface area contributed by atoms with Gasteiger partial charge in [-0.1, -0.05) is 0 Å². The average Bonchev–Trinajstić information content (AvgIpc) is 2.32. The molecule has 1 atom stereocenters. The van der Waals surface area contributed by atoms with E-state index in [-0.39, 0.29) is 5.82 Å². The van der Waals surface area contributed by atoms with Gasteiger partial charge in [0, 0.05) is 6.42 Å². The Kier molecular flexibility index (Phi) is 4.47. The Labute approximate surface area is 101 Å². The van der Waals surface area contributed by atoms with E-state index >= 15 is 0 Å². The van der Waals surface area contributed by atoms with Crippen LogP contribution in [0.25, 0.3) is 0 Å². The summed E-state index contributed by atoms with van der Waals surface area (Å²) >= 11 is 0. The summed E-state index contributed by atoms with van der Waals surface area (Å²) in [6.07, 6.45) is 0.566. The number of aryl methyl sites for hydroxylation is 1. The third kappa shape index (κ3) is 3.72. The highest BCUT2D eigenvalue weighted by Crippen LogP contribution is 2.19. The molecule has 0 saturated heterocycles. The van der Waals surface area contributed by atoms with E-state index in [2.05, 4.69) is 11.4 Å². The zero-order valence-corrected chi connectivity index (χ0v) is 10.4. The van der Waals surface area contributed by atoms with Crippen LogP contribution >= 0.6 is 0 Å². The summed E-state index contributed by atoms with van der Waals surface area (Å²) in [5.41, 5.74) is 0.168. The molecule has 92 valence electrons. The van der Waals surface area contributed by atoms with E-state index in [4.69, 9.17) is 10.00 Å². The van der Waals surface area contributed by atoms with Gasteiger partial charge in [0.1, 0.15) is 17.1 Å². The van der Waals surface area contributed by atoms with Crippen LogP contribution in [0.4, 0.5) is 4.39 Å². The van der Waals surface area contributed by atoms with Crippen molar-refractivity contribution in [1.82, 2.24) is 5.32 Å².